The summed E-state index contributed by atoms with van der Waals surface area (Å²) in [4.78, 5) is 43.8. The van der Waals surface area contributed by atoms with Crippen LogP contribution in [0.5, 0.6) is 11.6 Å². The van der Waals surface area contributed by atoms with Crippen LogP contribution < -0.4 is 29.3 Å². The minimum atomic E-state index is -4.72. The van der Waals surface area contributed by atoms with Gasteiger partial charge in [-0.3, -0.25) is 24.7 Å². The van der Waals surface area contributed by atoms with Crippen molar-refractivity contribution >= 4 is 55.4 Å². The summed E-state index contributed by atoms with van der Waals surface area (Å²) < 4.78 is 61.3. The molecule has 8 aliphatic rings. The maximum Gasteiger partial charge on any atom is 0.297 e. The van der Waals surface area contributed by atoms with Gasteiger partial charge in [-0.25, -0.2) is 13.1 Å². The number of sulfonamides is 1. The lowest BCUT2D eigenvalue weighted by atomic mass is 9.59. The summed E-state index contributed by atoms with van der Waals surface area (Å²) >= 11 is 0. The van der Waals surface area contributed by atoms with Gasteiger partial charge >= 0.3 is 0 Å². The number of ether oxygens (including phenoxy) is 5. The van der Waals surface area contributed by atoms with Crippen LogP contribution in [0.4, 0.5) is 28.4 Å². The molecule has 1 aliphatic carbocycles. The van der Waals surface area contributed by atoms with E-state index in [-0.39, 0.29) is 53.3 Å². The second-order valence-electron chi connectivity index (χ2n) is 21.5. The van der Waals surface area contributed by atoms with E-state index in [1.807, 2.05) is 29.2 Å². The van der Waals surface area contributed by atoms with Crippen molar-refractivity contribution in [3.63, 3.8) is 0 Å². The molecule has 9 heterocycles. The van der Waals surface area contributed by atoms with Gasteiger partial charge in [0.05, 0.1) is 78.3 Å². The number of aryl methyl sites for hydroxylation is 1. The Bertz CT molecular complexity index is 3100. The van der Waals surface area contributed by atoms with Crippen LogP contribution in [0.15, 0.2) is 77.8 Å². The van der Waals surface area contributed by atoms with Gasteiger partial charge < -0.3 is 43.8 Å². The third kappa shape index (κ3) is 8.24. The number of anilines is 4. The zero-order valence-electron chi connectivity index (χ0n) is 41.0. The number of benzene rings is 3. The number of carbonyl (C=O) groups is 1. The summed E-state index contributed by atoms with van der Waals surface area (Å²) in [6, 6.07) is 21.1. The third-order valence-corrected chi connectivity index (χ3v) is 18.6. The Morgan fingerprint density at radius 1 is 0.904 bits per heavy atom. The van der Waals surface area contributed by atoms with Crippen LogP contribution in [-0.4, -0.2) is 147 Å². The first-order valence-electron chi connectivity index (χ1n) is 25.8. The van der Waals surface area contributed by atoms with Crippen LogP contribution in [0.1, 0.15) is 73.0 Å². The molecule has 5 saturated heterocycles. The second-order valence-corrected chi connectivity index (χ2v) is 23.2. The first-order chi connectivity index (χ1) is 35.4. The summed E-state index contributed by atoms with van der Waals surface area (Å²) in [5.74, 6) is -0.560. The number of H-pyrrole nitrogens is 1. The highest BCUT2D eigenvalue weighted by atomic mass is 32.2. The standard InChI is InChI=1S/C53H61N9O10S/c1-31-6-3-4-7-38(31)41-8-5-15-59(41)35-22-53(23-35)12-16-58(17-13-53)34-9-10-39(42(19-34)61-44-18-33-11-14-54-50(33)56-52(44)72-48-30-69-29-45(48)61)51(63)57-73(66,67)37-20-43(62(64)65)49-46(21-37)71-28-40(55-49)47-24-60(32(2)25-70-47)36-26-68-27-36/h3-4,6-7,9-11,14,18-21,32,35-36,40-41,45,47-48,55H,5,8,12-13,15-17,22-30H2,1-2H3,(H,54,56)(H,57,63)/t32-,40+,41+,45+,47-,48+/m1/s1. The zero-order valence-corrected chi connectivity index (χ0v) is 41.9. The van der Waals surface area contributed by atoms with E-state index in [0.29, 0.717) is 74.6 Å². The van der Waals surface area contributed by atoms with Crippen molar-refractivity contribution in [2.75, 3.05) is 80.9 Å². The molecular formula is C53H61N9O10S. The smallest absolute Gasteiger partial charge is 0.297 e. The molecule has 1 saturated carbocycles. The molecule has 13 rings (SSSR count). The number of aromatic nitrogens is 2. The SMILES string of the molecule is Cc1ccccc1[C@@H]1CCCN1C1CC2(CCN(c3ccc(C(=O)NS(=O)(=O)c4cc5c(c([N+](=O)[O-])c4)N[C@H]([C@H]4CN(C6COC6)[C@H](C)CO4)CO5)c(N4c5cc6cc[nH]c6nc5O[C@H]5COC[C@@H]54)c3)CC2)C1. The topological polar surface area (TPSA) is 206 Å². The fourth-order valence-electron chi connectivity index (χ4n) is 13.1. The molecule has 3 N–H and O–H groups in total. The molecule has 0 radical (unpaired) electrons. The lowest BCUT2D eigenvalue weighted by Gasteiger charge is -2.56. The number of aromatic amines is 1. The molecule has 1 amide bonds. The summed E-state index contributed by atoms with van der Waals surface area (Å²) in [5.41, 5.74) is 5.37. The van der Waals surface area contributed by atoms with E-state index in [0.717, 1.165) is 49.6 Å². The number of hydrogen-bond donors (Lipinski definition) is 3. The number of nitrogens with one attached hydrogen (secondary N) is 3. The number of morpholine rings is 1. The van der Waals surface area contributed by atoms with Crippen molar-refractivity contribution in [1.29, 1.82) is 0 Å². The number of nitrogens with zero attached hydrogens (tertiary/aromatic N) is 6. The van der Waals surface area contributed by atoms with Crippen molar-refractivity contribution in [3.8, 4) is 11.6 Å². The van der Waals surface area contributed by atoms with Crippen LogP contribution in [0, 0.1) is 22.5 Å². The minimum Gasteiger partial charge on any atom is -0.489 e. The van der Waals surface area contributed by atoms with Crippen LogP contribution >= 0.6 is 0 Å². The van der Waals surface area contributed by atoms with E-state index in [4.69, 9.17) is 28.7 Å². The average Bonchev–Trinajstić information content (AvgIpc) is 4.16. The minimum absolute atomic E-state index is 0.0132. The number of nitro benzene ring substituents is 1. The number of likely N-dealkylation sites (tertiary alicyclic amines) is 1. The van der Waals surface area contributed by atoms with Crippen LogP contribution in [0.3, 0.4) is 0 Å². The van der Waals surface area contributed by atoms with Gasteiger partial charge in [-0.2, -0.15) is 4.98 Å². The van der Waals surface area contributed by atoms with E-state index in [2.05, 4.69) is 67.8 Å². The van der Waals surface area contributed by atoms with Gasteiger partial charge in [-0.05, 0) is 106 Å². The van der Waals surface area contributed by atoms with Crippen molar-refractivity contribution < 1.29 is 41.8 Å². The summed E-state index contributed by atoms with van der Waals surface area (Å²) in [6.07, 6.45) is 7.94. The molecule has 6 atom stereocenters. The number of amides is 1. The van der Waals surface area contributed by atoms with Gasteiger partial charge in [0.15, 0.2) is 11.4 Å². The van der Waals surface area contributed by atoms with Crippen molar-refractivity contribution in [3.05, 3.63) is 99.7 Å². The molecule has 384 valence electrons. The maximum absolute atomic E-state index is 14.8. The molecular weight excluding hydrogens is 955 g/mol. The van der Waals surface area contributed by atoms with Gasteiger partial charge in [0.2, 0.25) is 5.88 Å². The Morgan fingerprint density at radius 3 is 2.52 bits per heavy atom. The second kappa shape index (κ2) is 18.1. The summed E-state index contributed by atoms with van der Waals surface area (Å²) in [5, 5.41) is 16.8. The van der Waals surface area contributed by atoms with Crippen LogP contribution in [0.25, 0.3) is 11.0 Å². The molecule has 3 aromatic carbocycles. The Labute approximate surface area is 423 Å². The quantitative estimate of drug-likeness (QED) is 0.102. The van der Waals surface area contributed by atoms with E-state index in [9.17, 15) is 23.3 Å². The number of nitro groups is 1. The highest BCUT2D eigenvalue weighted by Gasteiger charge is 2.51. The first-order valence-corrected chi connectivity index (χ1v) is 27.3. The zero-order chi connectivity index (χ0) is 49.8. The van der Waals surface area contributed by atoms with Crippen LogP contribution in [0.2, 0.25) is 0 Å². The highest BCUT2D eigenvalue weighted by Crippen LogP contribution is 2.55. The molecule has 2 aromatic heterocycles. The molecule has 5 aromatic rings. The van der Waals surface area contributed by atoms with Crippen molar-refractivity contribution in [1.82, 2.24) is 24.5 Å². The van der Waals surface area contributed by atoms with E-state index >= 15 is 0 Å². The van der Waals surface area contributed by atoms with Gasteiger partial charge in [0.25, 0.3) is 21.6 Å². The number of fused-ring (bicyclic) bond motifs is 4. The van der Waals surface area contributed by atoms with E-state index in [1.54, 1.807) is 12.3 Å². The molecule has 1 spiro atoms. The monoisotopic (exact) mass is 1020 g/mol. The predicted octanol–water partition coefficient (Wildman–Crippen LogP) is 6.44. The van der Waals surface area contributed by atoms with E-state index < -0.39 is 43.6 Å². The number of carbonyl (C=O) groups excluding carboxylic acids is 1. The molecule has 73 heavy (non-hydrogen) atoms. The van der Waals surface area contributed by atoms with Gasteiger partial charge in [-0.1, -0.05) is 24.3 Å². The number of piperidine rings is 1. The Balaban J connectivity index is 0.779. The average molecular weight is 1020 g/mol. The summed E-state index contributed by atoms with van der Waals surface area (Å²) in [6.45, 7) is 10.1. The number of hydrogen-bond acceptors (Lipinski definition) is 16. The van der Waals surface area contributed by atoms with Crippen LogP contribution in [-0.2, 0) is 24.2 Å². The molecule has 19 nitrogen and oxygen atoms in total. The van der Waals surface area contributed by atoms with Gasteiger partial charge in [0, 0.05) is 67.2 Å². The molecule has 0 unspecified atom stereocenters. The molecule has 20 heteroatoms. The third-order valence-electron chi connectivity index (χ3n) is 17.2. The highest BCUT2D eigenvalue weighted by molar-refractivity contribution is 7.90. The largest absolute Gasteiger partial charge is 0.489 e. The lowest BCUT2D eigenvalue weighted by molar-refractivity contribution is -0.384. The normalized spacial score (nSPS) is 27.3. The van der Waals surface area contributed by atoms with Gasteiger partial charge in [-0.15, -0.1) is 0 Å². The molecule has 6 fully saturated rings. The Morgan fingerprint density at radius 2 is 1.73 bits per heavy atom. The van der Waals surface area contributed by atoms with Gasteiger partial charge in [0.1, 0.15) is 24.0 Å². The van der Waals surface area contributed by atoms with E-state index in [1.165, 1.54) is 42.9 Å². The maximum atomic E-state index is 14.8. The summed E-state index contributed by atoms with van der Waals surface area (Å²) in [7, 11) is -4.72. The molecule has 0 bridgehead atoms. The Kier molecular flexibility index (Phi) is 11.6. The Hall–Kier alpha value is -6.03. The van der Waals surface area contributed by atoms with Crippen molar-refractivity contribution in [2.45, 2.75) is 106 Å². The molecule has 7 aliphatic heterocycles. The first kappa shape index (κ1) is 46.7. The lowest BCUT2D eigenvalue weighted by Crippen LogP contribution is -2.62. The predicted molar refractivity (Wildman–Crippen MR) is 272 cm³/mol. The van der Waals surface area contributed by atoms with Crippen molar-refractivity contribution in [2.24, 2.45) is 5.41 Å². The number of pyridine rings is 1. The number of rotatable bonds is 10. The fraction of sp³-hybridized carbons (Fsp3) is 0.509. The fourth-order valence-corrected chi connectivity index (χ4v) is 14.1.